The molecule has 4 amide bonds. The lowest BCUT2D eigenvalue weighted by atomic mass is 10.0. The zero-order valence-corrected chi connectivity index (χ0v) is 28.9. The van der Waals surface area contributed by atoms with Crippen molar-refractivity contribution >= 4 is 40.3 Å². The van der Waals surface area contributed by atoms with Gasteiger partial charge in [0.25, 0.3) is 5.91 Å². The van der Waals surface area contributed by atoms with E-state index >= 15 is 0 Å². The lowest BCUT2D eigenvalue weighted by Crippen LogP contribution is -2.48. The van der Waals surface area contributed by atoms with E-state index in [0.29, 0.717) is 38.3 Å². The Balaban J connectivity index is 1.17. The molecule has 51 heavy (non-hydrogen) atoms. The summed E-state index contributed by atoms with van der Waals surface area (Å²) in [6.07, 6.45) is 3.35. The maximum Gasteiger partial charge on any atom is 0.270 e. The summed E-state index contributed by atoms with van der Waals surface area (Å²) < 4.78 is 1.83. The second-order valence-corrected chi connectivity index (χ2v) is 12.7. The van der Waals surface area contributed by atoms with E-state index < -0.39 is 11.9 Å². The molecule has 0 saturated carbocycles. The van der Waals surface area contributed by atoms with Gasteiger partial charge in [0.15, 0.2) is 0 Å². The minimum Gasteiger partial charge on any atom is -0.368 e. The number of anilines is 1. The molecule has 2 aromatic carbocycles. The molecule has 264 valence electrons. The van der Waals surface area contributed by atoms with E-state index in [0.717, 1.165) is 39.1 Å². The van der Waals surface area contributed by atoms with Crippen molar-refractivity contribution in [2.24, 2.45) is 0 Å². The molecule has 0 spiro atoms. The summed E-state index contributed by atoms with van der Waals surface area (Å²) in [6, 6.07) is 21.7. The topological polar surface area (TPSA) is 166 Å². The number of rotatable bonds is 5. The average Bonchev–Trinajstić information content (AvgIpc) is 3.68. The summed E-state index contributed by atoms with van der Waals surface area (Å²) in [5.41, 5.74) is 5.37. The minimum absolute atomic E-state index is 0.102. The van der Waals surface area contributed by atoms with E-state index in [2.05, 4.69) is 36.3 Å². The van der Waals surface area contributed by atoms with Crippen LogP contribution in [0.15, 0.2) is 79.0 Å². The van der Waals surface area contributed by atoms with Gasteiger partial charge in [0, 0.05) is 61.0 Å². The van der Waals surface area contributed by atoms with Crippen molar-refractivity contribution in [3.05, 3.63) is 107 Å². The molecule has 2 bridgehead atoms. The molecule has 0 unspecified atom stereocenters. The fraction of sp³-hybridized carbons (Fsp3) is 0.316. The summed E-state index contributed by atoms with van der Waals surface area (Å²) in [5.74, 6) is -0.815. The highest BCUT2D eigenvalue weighted by atomic mass is 16.2. The number of amides is 4. The van der Waals surface area contributed by atoms with E-state index in [1.807, 2.05) is 79.3 Å². The van der Waals surface area contributed by atoms with Gasteiger partial charge in [0.1, 0.15) is 17.6 Å². The Labute approximate surface area is 296 Å². The van der Waals surface area contributed by atoms with Gasteiger partial charge in [0.05, 0.1) is 24.3 Å². The first-order chi connectivity index (χ1) is 24.8. The van der Waals surface area contributed by atoms with E-state index in [1.54, 1.807) is 23.1 Å². The number of benzene rings is 2. The molecule has 0 radical (unpaired) electrons. The van der Waals surface area contributed by atoms with Crippen LogP contribution in [0.3, 0.4) is 0 Å². The summed E-state index contributed by atoms with van der Waals surface area (Å²) >= 11 is 0. The highest BCUT2D eigenvalue weighted by molar-refractivity contribution is 5.97. The maximum atomic E-state index is 13.8. The van der Waals surface area contributed by atoms with Crippen LogP contribution < -0.4 is 21.3 Å². The van der Waals surface area contributed by atoms with E-state index in [4.69, 9.17) is 0 Å². The third kappa shape index (κ3) is 8.61. The quantitative estimate of drug-likeness (QED) is 0.189. The highest BCUT2D eigenvalue weighted by Gasteiger charge is 2.25. The van der Waals surface area contributed by atoms with Crippen molar-refractivity contribution in [2.45, 2.75) is 45.6 Å². The number of nitrogens with zero attached hydrogens (tertiary/aromatic N) is 4. The number of pyridine rings is 1. The summed E-state index contributed by atoms with van der Waals surface area (Å²) in [4.78, 5) is 63.0. The monoisotopic (exact) mass is 689 g/mol. The van der Waals surface area contributed by atoms with Crippen molar-refractivity contribution in [2.75, 3.05) is 38.0 Å². The van der Waals surface area contributed by atoms with Crippen LogP contribution >= 0.6 is 0 Å². The van der Waals surface area contributed by atoms with Gasteiger partial charge in [-0.15, -0.1) is 0 Å². The molecule has 0 aliphatic carbocycles. The number of H-pyrrole nitrogens is 1. The molecule has 13 heteroatoms. The van der Waals surface area contributed by atoms with Crippen LogP contribution in [0, 0.1) is 13.8 Å². The molecule has 1 aliphatic heterocycles. The first-order valence-electron chi connectivity index (χ1n) is 17.3. The van der Waals surface area contributed by atoms with Gasteiger partial charge >= 0.3 is 0 Å². The standard InChI is InChI=1S/C38H43N9O4/c1-25-30(26(2)47(45-25)28-11-4-3-5-12-28)22-36(49)46-20-9-8-17-41-37(50)33(21-27-23-42-31-14-7-6-13-29(27)31)44-38(51)32-15-10-16-34(43-32)39-18-19-40-35(48)24-46/h3-7,10-16,23,33,42H,8-9,17-22,24H2,1-2H3,(H,39,43)(H,40,48)(H,41,50)(H,44,51)/t33-/m0/s1. The lowest BCUT2D eigenvalue weighted by molar-refractivity contribution is -0.135. The number of aromatic amines is 1. The fourth-order valence-electron chi connectivity index (χ4n) is 6.31. The van der Waals surface area contributed by atoms with Crippen molar-refractivity contribution in [1.29, 1.82) is 0 Å². The van der Waals surface area contributed by atoms with Crippen LogP contribution in [-0.2, 0) is 27.2 Å². The SMILES string of the molecule is Cc1nn(-c2ccccc2)c(C)c1CC(=O)N1CCCCNC(=O)[C@H](Cc2c[nH]c3ccccc23)NC(=O)c2cccc(n2)NCCNC(=O)C1. The molecule has 1 aliphatic rings. The smallest absolute Gasteiger partial charge is 0.270 e. The zero-order valence-electron chi connectivity index (χ0n) is 28.9. The van der Waals surface area contributed by atoms with Crippen molar-refractivity contribution in [3.8, 4) is 5.69 Å². The van der Waals surface area contributed by atoms with Crippen LogP contribution in [0.2, 0.25) is 0 Å². The Hall–Kier alpha value is -5.98. The number of nitrogens with one attached hydrogen (secondary N) is 5. The number of carbonyl (C=O) groups is 4. The van der Waals surface area contributed by atoms with Gasteiger partial charge in [0.2, 0.25) is 17.7 Å². The molecule has 6 rings (SSSR count). The first kappa shape index (κ1) is 34.9. The second-order valence-electron chi connectivity index (χ2n) is 12.7. The van der Waals surface area contributed by atoms with Gasteiger partial charge < -0.3 is 31.2 Å². The maximum absolute atomic E-state index is 13.8. The zero-order chi connectivity index (χ0) is 35.7. The Morgan fingerprint density at radius 2 is 1.65 bits per heavy atom. The molecule has 4 heterocycles. The van der Waals surface area contributed by atoms with E-state index in [-0.39, 0.29) is 49.3 Å². The molecule has 3 aromatic heterocycles. The van der Waals surface area contributed by atoms with Crippen molar-refractivity contribution < 1.29 is 19.2 Å². The Kier molecular flexibility index (Phi) is 11.0. The van der Waals surface area contributed by atoms with Gasteiger partial charge in [-0.3, -0.25) is 19.2 Å². The van der Waals surface area contributed by atoms with Crippen LogP contribution in [0.1, 0.15) is 45.8 Å². The van der Waals surface area contributed by atoms with Crippen LogP contribution in [0.4, 0.5) is 5.82 Å². The number of aryl methyl sites for hydroxylation is 1. The van der Waals surface area contributed by atoms with Crippen LogP contribution in [0.25, 0.3) is 16.6 Å². The largest absolute Gasteiger partial charge is 0.368 e. The molecule has 5 aromatic rings. The third-order valence-corrected chi connectivity index (χ3v) is 9.07. The van der Waals surface area contributed by atoms with Gasteiger partial charge in [-0.25, -0.2) is 9.67 Å². The number of fused-ring (bicyclic) bond motifs is 3. The van der Waals surface area contributed by atoms with Crippen molar-refractivity contribution in [1.82, 2.24) is 40.6 Å². The Bertz CT molecular complexity index is 2020. The van der Waals surface area contributed by atoms with Gasteiger partial charge in [-0.05, 0) is 62.6 Å². The van der Waals surface area contributed by atoms with E-state index in [1.165, 1.54) is 0 Å². The summed E-state index contributed by atoms with van der Waals surface area (Å²) in [7, 11) is 0. The average molecular weight is 690 g/mol. The Morgan fingerprint density at radius 1 is 0.863 bits per heavy atom. The predicted molar refractivity (Wildman–Crippen MR) is 195 cm³/mol. The summed E-state index contributed by atoms with van der Waals surface area (Å²) in [5, 5.41) is 17.5. The molecule has 5 N–H and O–H groups in total. The molecule has 1 atom stereocenters. The predicted octanol–water partition coefficient (Wildman–Crippen LogP) is 3.22. The number of para-hydroxylation sites is 2. The molecular weight excluding hydrogens is 646 g/mol. The van der Waals surface area contributed by atoms with Gasteiger partial charge in [-0.2, -0.15) is 5.10 Å². The number of carbonyl (C=O) groups excluding carboxylic acids is 4. The molecule has 0 fully saturated rings. The fourth-order valence-corrected chi connectivity index (χ4v) is 6.31. The molecular formula is C38H43N9O4. The Morgan fingerprint density at radius 3 is 2.49 bits per heavy atom. The number of aromatic nitrogens is 4. The lowest BCUT2D eigenvalue weighted by Gasteiger charge is -2.23. The minimum atomic E-state index is -0.861. The number of hydrogen-bond donors (Lipinski definition) is 5. The second kappa shape index (κ2) is 16.2. The highest BCUT2D eigenvalue weighted by Crippen LogP contribution is 2.21. The normalized spacial score (nSPS) is 16.6. The first-order valence-corrected chi connectivity index (χ1v) is 17.3. The van der Waals surface area contributed by atoms with Crippen LogP contribution in [0.5, 0.6) is 0 Å². The van der Waals surface area contributed by atoms with Gasteiger partial charge in [-0.1, -0.05) is 42.5 Å². The molecule has 0 saturated heterocycles. The number of hydrogen-bond acceptors (Lipinski definition) is 7. The van der Waals surface area contributed by atoms with Crippen LogP contribution in [-0.4, -0.2) is 87.0 Å². The summed E-state index contributed by atoms with van der Waals surface area (Å²) in [6.45, 7) is 5.01. The third-order valence-electron chi connectivity index (χ3n) is 9.07. The van der Waals surface area contributed by atoms with Crippen molar-refractivity contribution in [3.63, 3.8) is 0 Å². The van der Waals surface area contributed by atoms with E-state index in [9.17, 15) is 19.2 Å². The molecule has 13 nitrogen and oxygen atoms in total.